The van der Waals surface area contributed by atoms with Crippen molar-refractivity contribution in [2.45, 2.75) is 26.8 Å². The maximum absolute atomic E-state index is 12.9. The summed E-state index contributed by atoms with van der Waals surface area (Å²) < 4.78 is 5.47. The van der Waals surface area contributed by atoms with E-state index in [4.69, 9.17) is 17.0 Å². The number of pyridine rings is 1. The number of aryl methyl sites for hydroxylation is 2. The van der Waals surface area contributed by atoms with Gasteiger partial charge in [-0.05, 0) is 87.8 Å². The number of nitrogens with zero attached hydrogens (tertiary/aromatic N) is 3. The Labute approximate surface area is 196 Å². The first-order valence-corrected chi connectivity index (χ1v) is 11.8. The fourth-order valence-corrected chi connectivity index (χ4v) is 4.14. The van der Waals surface area contributed by atoms with Gasteiger partial charge < -0.3 is 24.8 Å². The highest BCUT2D eigenvalue weighted by Crippen LogP contribution is 2.18. The SMILES string of the molecule is Cc1cc2cc(CN(CCN3CCOCC3)C(=S)NCCCN(C)C)c(=O)[nH]c2cc1C. The molecule has 0 radical (unpaired) electrons. The second-order valence-corrected chi connectivity index (χ2v) is 9.30. The Kier molecular flexibility index (Phi) is 9.04. The van der Waals surface area contributed by atoms with E-state index in [1.54, 1.807) is 0 Å². The minimum absolute atomic E-state index is 0.0486. The lowest BCUT2D eigenvalue weighted by molar-refractivity contribution is 0.0357. The molecule has 0 spiro atoms. The van der Waals surface area contributed by atoms with E-state index in [9.17, 15) is 4.79 Å². The van der Waals surface area contributed by atoms with Crippen LogP contribution in [0.3, 0.4) is 0 Å². The molecule has 1 aromatic heterocycles. The minimum Gasteiger partial charge on any atom is -0.379 e. The van der Waals surface area contributed by atoms with E-state index >= 15 is 0 Å². The summed E-state index contributed by atoms with van der Waals surface area (Å²) in [5, 5.41) is 5.16. The van der Waals surface area contributed by atoms with Gasteiger partial charge in [-0.1, -0.05) is 0 Å². The molecule has 0 bridgehead atoms. The summed E-state index contributed by atoms with van der Waals surface area (Å²) in [5.74, 6) is 0. The summed E-state index contributed by atoms with van der Waals surface area (Å²) in [5.41, 5.74) is 3.97. The van der Waals surface area contributed by atoms with Gasteiger partial charge in [-0.2, -0.15) is 0 Å². The number of rotatable bonds is 9. The number of aromatic amines is 1. The van der Waals surface area contributed by atoms with Crippen molar-refractivity contribution in [3.63, 3.8) is 0 Å². The summed E-state index contributed by atoms with van der Waals surface area (Å²) in [6, 6.07) is 6.19. The first-order chi connectivity index (χ1) is 15.3. The Bertz CT molecular complexity index is 969. The molecule has 1 fully saturated rings. The molecule has 1 saturated heterocycles. The topological polar surface area (TPSA) is 63.8 Å². The number of hydrogen-bond donors (Lipinski definition) is 2. The number of hydrogen-bond acceptors (Lipinski definition) is 5. The molecule has 1 aromatic carbocycles. The zero-order chi connectivity index (χ0) is 23.1. The standard InChI is InChI=1S/C24H37N5O2S/c1-18-14-20-16-21(23(30)26-22(20)15-19(18)2)17-29(9-8-28-10-12-31-13-11-28)24(32)25-6-5-7-27(3)4/h14-16H,5-13,17H2,1-4H3,(H,25,32)(H,26,30). The zero-order valence-electron chi connectivity index (χ0n) is 19.9. The summed E-state index contributed by atoms with van der Waals surface area (Å²) in [6.07, 6.45) is 1.01. The van der Waals surface area contributed by atoms with E-state index < -0.39 is 0 Å². The Morgan fingerprint density at radius 2 is 1.88 bits per heavy atom. The monoisotopic (exact) mass is 459 g/mol. The fourth-order valence-electron chi connectivity index (χ4n) is 3.89. The van der Waals surface area contributed by atoms with Crippen molar-refractivity contribution >= 4 is 28.2 Å². The van der Waals surface area contributed by atoms with Crippen LogP contribution in [0.15, 0.2) is 23.0 Å². The number of nitrogens with one attached hydrogen (secondary N) is 2. The number of ether oxygens (including phenoxy) is 1. The van der Waals surface area contributed by atoms with Crippen molar-refractivity contribution in [2.24, 2.45) is 0 Å². The summed E-state index contributed by atoms with van der Waals surface area (Å²) in [6.45, 7) is 11.6. The highest BCUT2D eigenvalue weighted by atomic mass is 32.1. The van der Waals surface area contributed by atoms with Crippen LogP contribution in [0.1, 0.15) is 23.1 Å². The Morgan fingerprint density at radius 3 is 2.59 bits per heavy atom. The number of thiocarbonyl (C=S) groups is 1. The third-order valence-corrected chi connectivity index (χ3v) is 6.43. The van der Waals surface area contributed by atoms with Crippen molar-refractivity contribution in [3.05, 3.63) is 45.2 Å². The maximum Gasteiger partial charge on any atom is 0.253 e. The summed E-state index contributed by atoms with van der Waals surface area (Å²) in [7, 11) is 4.14. The second kappa shape index (κ2) is 11.7. The molecule has 0 amide bonds. The van der Waals surface area contributed by atoms with Crippen LogP contribution in [-0.4, -0.2) is 91.4 Å². The molecule has 3 rings (SSSR count). The van der Waals surface area contributed by atoms with Gasteiger partial charge in [0.1, 0.15) is 0 Å². The van der Waals surface area contributed by atoms with E-state index in [2.05, 4.69) is 59.0 Å². The first kappa shape index (κ1) is 24.6. The lowest BCUT2D eigenvalue weighted by Crippen LogP contribution is -2.46. The normalized spacial score (nSPS) is 14.8. The number of morpholine rings is 1. The molecule has 1 aliphatic heterocycles. The molecule has 2 heterocycles. The van der Waals surface area contributed by atoms with Crippen LogP contribution < -0.4 is 10.9 Å². The average molecular weight is 460 g/mol. The van der Waals surface area contributed by atoms with Crippen LogP contribution in [0.4, 0.5) is 0 Å². The van der Waals surface area contributed by atoms with E-state index in [0.29, 0.717) is 11.7 Å². The molecule has 8 heteroatoms. The first-order valence-electron chi connectivity index (χ1n) is 11.4. The van der Waals surface area contributed by atoms with Crippen LogP contribution in [0.5, 0.6) is 0 Å². The van der Waals surface area contributed by atoms with Gasteiger partial charge in [0.05, 0.1) is 19.8 Å². The van der Waals surface area contributed by atoms with E-state index in [1.165, 1.54) is 11.1 Å². The molecule has 32 heavy (non-hydrogen) atoms. The van der Waals surface area contributed by atoms with Crippen LogP contribution in [0, 0.1) is 13.8 Å². The maximum atomic E-state index is 12.9. The number of H-pyrrole nitrogens is 1. The van der Waals surface area contributed by atoms with Gasteiger partial charge in [0.2, 0.25) is 0 Å². The molecule has 7 nitrogen and oxygen atoms in total. The van der Waals surface area contributed by atoms with Gasteiger partial charge >= 0.3 is 0 Å². The van der Waals surface area contributed by atoms with Crippen LogP contribution in [0.25, 0.3) is 10.9 Å². The van der Waals surface area contributed by atoms with Crippen LogP contribution >= 0.6 is 12.2 Å². The van der Waals surface area contributed by atoms with Crippen LogP contribution in [0.2, 0.25) is 0 Å². The molecule has 0 atom stereocenters. The fraction of sp³-hybridized carbons (Fsp3) is 0.583. The molecule has 2 N–H and O–H groups in total. The van der Waals surface area contributed by atoms with Crippen molar-refractivity contribution in [1.82, 2.24) is 25.0 Å². The average Bonchev–Trinajstić information content (AvgIpc) is 2.76. The van der Waals surface area contributed by atoms with Crippen molar-refractivity contribution < 1.29 is 4.74 Å². The van der Waals surface area contributed by atoms with Crippen molar-refractivity contribution in [1.29, 1.82) is 0 Å². The van der Waals surface area contributed by atoms with Crippen molar-refractivity contribution in [3.8, 4) is 0 Å². The highest BCUT2D eigenvalue weighted by Gasteiger charge is 2.17. The van der Waals surface area contributed by atoms with E-state index in [0.717, 1.165) is 75.4 Å². The van der Waals surface area contributed by atoms with Gasteiger partial charge in [-0.3, -0.25) is 9.69 Å². The van der Waals surface area contributed by atoms with Gasteiger partial charge in [0.25, 0.3) is 5.56 Å². The largest absolute Gasteiger partial charge is 0.379 e. The molecule has 0 aliphatic carbocycles. The second-order valence-electron chi connectivity index (χ2n) is 8.91. The van der Waals surface area contributed by atoms with Gasteiger partial charge in [-0.25, -0.2) is 0 Å². The third kappa shape index (κ3) is 7.00. The molecule has 0 saturated carbocycles. The van der Waals surface area contributed by atoms with E-state index in [1.807, 2.05) is 12.1 Å². The quantitative estimate of drug-likeness (QED) is 0.440. The van der Waals surface area contributed by atoms with Gasteiger partial charge in [0, 0.05) is 43.8 Å². The van der Waals surface area contributed by atoms with Crippen LogP contribution in [-0.2, 0) is 11.3 Å². The molecule has 176 valence electrons. The smallest absolute Gasteiger partial charge is 0.253 e. The Balaban J connectivity index is 1.74. The third-order valence-electron chi connectivity index (χ3n) is 6.03. The highest BCUT2D eigenvalue weighted by molar-refractivity contribution is 7.80. The lowest BCUT2D eigenvalue weighted by Gasteiger charge is -2.31. The minimum atomic E-state index is -0.0486. The zero-order valence-corrected chi connectivity index (χ0v) is 20.7. The Morgan fingerprint density at radius 1 is 1.16 bits per heavy atom. The predicted octanol–water partition coefficient (Wildman–Crippen LogP) is 2.11. The van der Waals surface area contributed by atoms with Crippen molar-refractivity contribution in [2.75, 3.05) is 66.6 Å². The van der Waals surface area contributed by atoms with Gasteiger partial charge in [-0.15, -0.1) is 0 Å². The molecule has 2 aromatic rings. The number of benzene rings is 1. The molecular weight excluding hydrogens is 422 g/mol. The van der Waals surface area contributed by atoms with E-state index in [-0.39, 0.29) is 5.56 Å². The molecule has 0 unspecified atom stereocenters. The molecule has 1 aliphatic rings. The Hall–Kier alpha value is -2.00. The number of aromatic nitrogens is 1. The summed E-state index contributed by atoms with van der Waals surface area (Å²) in [4.78, 5) is 22.6. The number of fused-ring (bicyclic) bond motifs is 1. The van der Waals surface area contributed by atoms with Gasteiger partial charge in [0.15, 0.2) is 5.11 Å². The summed E-state index contributed by atoms with van der Waals surface area (Å²) >= 11 is 5.74. The predicted molar refractivity (Wildman–Crippen MR) is 135 cm³/mol. The lowest BCUT2D eigenvalue weighted by atomic mass is 10.0. The molecular formula is C24H37N5O2S.